The van der Waals surface area contributed by atoms with Gasteiger partial charge in [-0.15, -0.1) is 0 Å². The number of fused-ring (bicyclic) bond motifs is 1. The minimum atomic E-state index is -0.532. The van der Waals surface area contributed by atoms with Gasteiger partial charge >= 0.3 is 5.97 Å². The molecule has 0 saturated carbocycles. The average molecular weight is 314 g/mol. The SMILES string of the molecule is Cn1c(=O)cc(OC(=O)c2ccc(Cl)cc2)c2ccccc21. The zero-order chi connectivity index (χ0) is 15.7. The molecule has 4 nitrogen and oxygen atoms in total. The van der Waals surface area contributed by atoms with Gasteiger partial charge in [-0.05, 0) is 36.4 Å². The van der Waals surface area contributed by atoms with E-state index in [1.165, 1.54) is 10.6 Å². The van der Waals surface area contributed by atoms with Gasteiger partial charge in [0.1, 0.15) is 5.75 Å². The number of hydrogen-bond acceptors (Lipinski definition) is 3. The first-order valence-corrected chi connectivity index (χ1v) is 7.00. The maximum absolute atomic E-state index is 12.2. The van der Waals surface area contributed by atoms with Gasteiger partial charge in [-0.1, -0.05) is 23.7 Å². The highest BCUT2D eigenvalue weighted by molar-refractivity contribution is 6.30. The van der Waals surface area contributed by atoms with Crippen LogP contribution >= 0.6 is 11.6 Å². The quantitative estimate of drug-likeness (QED) is 0.681. The minimum Gasteiger partial charge on any atom is -0.422 e. The fourth-order valence-electron chi connectivity index (χ4n) is 2.21. The van der Waals surface area contributed by atoms with Gasteiger partial charge in [-0.25, -0.2) is 4.79 Å². The Hall–Kier alpha value is -2.59. The summed E-state index contributed by atoms with van der Waals surface area (Å²) >= 11 is 5.80. The lowest BCUT2D eigenvalue weighted by molar-refractivity contribution is 0.0737. The molecule has 0 radical (unpaired) electrons. The van der Waals surface area contributed by atoms with Crippen LogP contribution in [-0.2, 0) is 7.05 Å². The number of halogens is 1. The Balaban J connectivity index is 2.04. The van der Waals surface area contributed by atoms with Crippen molar-refractivity contribution in [2.45, 2.75) is 0 Å². The van der Waals surface area contributed by atoms with Gasteiger partial charge in [-0.2, -0.15) is 0 Å². The van der Waals surface area contributed by atoms with Crippen molar-refractivity contribution in [3.8, 4) is 5.75 Å². The van der Waals surface area contributed by atoms with Crippen molar-refractivity contribution in [3.05, 3.63) is 75.5 Å². The van der Waals surface area contributed by atoms with Gasteiger partial charge in [0.05, 0.1) is 11.1 Å². The summed E-state index contributed by atoms with van der Waals surface area (Å²) in [4.78, 5) is 24.2. The lowest BCUT2D eigenvalue weighted by Gasteiger charge is -2.10. The Morgan fingerprint density at radius 2 is 1.77 bits per heavy atom. The minimum absolute atomic E-state index is 0.238. The number of pyridine rings is 1. The smallest absolute Gasteiger partial charge is 0.343 e. The molecule has 5 heteroatoms. The normalized spacial score (nSPS) is 10.6. The Bertz CT molecular complexity index is 913. The van der Waals surface area contributed by atoms with Gasteiger partial charge in [0, 0.05) is 23.5 Å². The van der Waals surface area contributed by atoms with E-state index in [-0.39, 0.29) is 11.3 Å². The van der Waals surface area contributed by atoms with Crippen LogP contribution in [0, 0.1) is 0 Å². The summed E-state index contributed by atoms with van der Waals surface area (Å²) in [6.45, 7) is 0. The van der Waals surface area contributed by atoms with Crippen molar-refractivity contribution < 1.29 is 9.53 Å². The molecule has 0 spiro atoms. The number of esters is 1. The summed E-state index contributed by atoms with van der Waals surface area (Å²) in [6, 6.07) is 15.0. The molecule has 22 heavy (non-hydrogen) atoms. The van der Waals surface area contributed by atoms with Gasteiger partial charge in [0.2, 0.25) is 0 Å². The van der Waals surface area contributed by atoms with Crippen LogP contribution in [-0.4, -0.2) is 10.5 Å². The van der Waals surface area contributed by atoms with E-state index >= 15 is 0 Å². The molecule has 0 amide bonds. The summed E-state index contributed by atoms with van der Waals surface area (Å²) in [7, 11) is 1.68. The molecule has 0 atom stereocenters. The molecule has 1 heterocycles. The van der Waals surface area contributed by atoms with Crippen LogP contribution in [0.4, 0.5) is 0 Å². The summed E-state index contributed by atoms with van der Waals surface area (Å²) < 4.78 is 6.90. The maximum atomic E-state index is 12.2. The zero-order valence-corrected chi connectivity index (χ0v) is 12.5. The number of carbonyl (C=O) groups is 1. The first-order valence-electron chi connectivity index (χ1n) is 6.63. The molecule has 3 aromatic rings. The third-order valence-corrected chi connectivity index (χ3v) is 3.65. The molecule has 0 N–H and O–H groups in total. The van der Waals surface area contributed by atoms with Crippen LogP contribution in [0.25, 0.3) is 10.9 Å². The van der Waals surface area contributed by atoms with Gasteiger partial charge in [0.25, 0.3) is 5.56 Å². The molecular formula is C17H12ClNO3. The first-order chi connectivity index (χ1) is 10.6. The summed E-state index contributed by atoms with van der Waals surface area (Å²) in [5.41, 5.74) is 0.834. The van der Waals surface area contributed by atoms with E-state index < -0.39 is 5.97 Å². The van der Waals surface area contributed by atoms with Crippen molar-refractivity contribution in [2.75, 3.05) is 0 Å². The Morgan fingerprint density at radius 1 is 1.09 bits per heavy atom. The molecular weight excluding hydrogens is 302 g/mol. The number of aromatic nitrogens is 1. The number of benzene rings is 2. The highest BCUT2D eigenvalue weighted by atomic mass is 35.5. The number of hydrogen-bond donors (Lipinski definition) is 0. The monoisotopic (exact) mass is 313 g/mol. The van der Waals surface area contributed by atoms with Crippen LogP contribution in [0.1, 0.15) is 10.4 Å². The number of ether oxygens (including phenoxy) is 1. The average Bonchev–Trinajstić information content (AvgIpc) is 2.53. The van der Waals surface area contributed by atoms with Gasteiger partial charge in [-0.3, -0.25) is 4.79 Å². The number of para-hydroxylation sites is 1. The Labute approximate surface area is 131 Å². The highest BCUT2D eigenvalue weighted by Gasteiger charge is 2.13. The molecule has 0 aliphatic carbocycles. The van der Waals surface area contributed by atoms with Crippen LogP contribution in [0.15, 0.2) is 59.4 Å². The number of aryl methyl sites for hydroxylation is 1. The Kier molecular flexibility index (Phi) is 3.69. The number of carbonyl (C=O) groups excluding carboxylic acids is 1. The number of nitrogens with zero attached hydrogens (tertiary/aromatic N) is 1. The third-order valence-electron chi connectivity index (χ3n) is 3.40. The zero-order valence-electron chi connectivity index (χ0n) is 11.7. The van der Waals surface area contributed by atoms with Crippen molar-refractivity contribution >= 4 is 28.5 Å². The van der Waals surface area contributed by atoms with Crippen LogP contribution < -0.4 is 10.3 Å². The second-order valence-electron chi connectivity index (χ2n) is 4.82. The molecule has 0 bridgehead atoms. The van der Waals surface area contributed by atoms with Crippen molar-refractivity contribution in [1.82, 2.24) is 4.57 Å². The lowest BCUT2D eigenvalue weighted by Crippen LogP contribution is -2.18. The van der Waals surface area contributed by atoms with E-state index in [1.807, 2.05) is 12.1 Å². The van der Waals surface area contributed by atoms with Crippen molar-refractivity contribution in [2.24, 2.45) is 7.05 Å². The van der Waals surface area contributed by atoms with Gasteiger partial charge in [0.15, 0.2) is 0 Å². The standard InChI is InChI=1S/C17H12ClNO3/c1-19-14-5-3-2-4-13(14)15(10-16(19)20)22-17(21)11-6-8-12(18)9-7-11/h2-10H,1H3. The second-order valence-corrected chi connectivity index (χ2v) is 5.26. The molecule has 0 unspecified atom stereocenters. The fraction of sp³-hybridized carbons (Fsp3) is 0.0588. The second kappa shape index (κ2) is 5.66. The summed E-state index contributed by atoms with van der Waals surface area (Å²) in [5, 5.41) is 1.24. The molecule has 2 aromatic carbocycles. The largest absolute Gasteiger partial charge is 0.422 e. The molecule has 0 saturated heterocycles. The fourth-order valence-corrected chi connectivity index (χ4v) is 2.34. The molecule has 110 valence electrons. The molecule has 0 aliphatic rings. The molecule has 0 aliphatic heterocycles. The van der Waals surface area contributed by atoms with E-state index in [0.717, 1.165) is 0 Å². The van der Waals surface area contributed by atoms with E-state index in [0.29, 0.717) is 21.5 Å². The van der Waals surface area contributed by atoms with Crippen LogP contribution in [0.3, 0.4) is 0 Å². The van der Waals surface area contributed by atoms with Crippen LogP contribution in [0.2, 0.25) is 5.02 Å². The summed E-state index contributed by atoms with van der Waals surface area (Å²) in [5.74, 6) is -0.284. The van der Waals surface area contributed by atoms with E-state index in [4.69, 9.17) is 16.3 Å². The topological polar surface area (TPSA) is 48.3 Å². The van der Waals surface area contributed by atoms with E-state index in [2.05, 4.69) is 0 Å². The third kappa shape index (κ3) is 2.61. The van der Waals surface area contributed by atoms with Crippen LogP contribution in [0.5, 0.6) is 5.75 Å². The predicted octanol–water partition coefficient (Wildman–Crippen LogP) is 3.41. The molecule has 0 fully saturated rings. The van der Waals surface area contributed by atoms with Gasteiger partial charge < -0.3 is 9.30 Å². The Morgan fingerprint density at radius 3 is 2.50 bits per heavy atom. The maximum Gasteiger partial charge on any atom is 0.343 e. The lowest BCUT2D eigenvalue weighted by atomic mass is 10.2. The first kappa shape index (κ1) is 14.4. The van der Waals surface area contributed by atoms with E-state index in [1.54, 1.807) is 43.4 Å². The van der Waals surface area contributed by atoms with Crippen molar-refractivity contribution in [1.29, 1.82) is 0 Å². The highest BCUT2D eigenvalue weighted by Crippen LogP contribution is 2.24. The van der Waals surface area contributed by atoms with E-state index in [9.17, 15) is 9.59 Å². The molecule has 1 aromatic heterocycles. The predicted molar refractivity (Wildman–Crippen MR) is 85.6 cm³/mol. The summed E-state index contributed by atoms with van der Waals surface area (Å²) in [6.07, 6.45) is 0. The number of rotatable bonds is 2. The van der Waals surface area contributed by atoms with Crippen molar-refractivity contribution in [3.63, 3.8) is 0 Å². The molecule has 3 rings (SSSR count).